The molecule has 0 N–H and O–H groups in total. The molecule has 0 radical (unpaired) electrons. The fraction of sp³-hybridized carbons (Fsp3) is 0.130. The second kappa shape index (κ2) is 8.20. The Labute approximate surface area is 176 Å². The Bertz CT molecular complexity index is 1300. The Kier molecular flexibility index (Phi) is 5.46. The van der Waals surface area contributed by atoms with Crippen LogP contribution in [0.25, 0.3) is 16.7 Å². The van der Waals surface area contributed by atoms with E-state index in [1.807, 2.05) is 19.1 Å². The fourth-order valence-electron chi connectivity index (χ4n) is 3.10. The molecule has 150 valence electrons. The molecule has 2 heterocycles. The van der Waals surface area contributed by atoms with Gasteiger partial charge in [0.15, 0.2) is 10.9 Å². The van der Waals surface area contributed by atoms with Crippen LogP contribution in [0.4, 0.5) is 4.39 Å². The SMILES string of the molecule is Cc1ccnc(-n2c(S[C@H](C)C(=O)c3ccc(F)cc3)nc3ccccc3c2=O)c1. The first-order chi connectivity index (χ1) is 14.4. The minimum Gasteiger partial charge on any atom is -0.293 e. The van der Waals surface area contributed by atoms with Gasteiger partial charge in [-0.15, -0.1) is 0 Å². The molecule has 1 atom stereocenters. The number of pyridine rings is 1. The maximum Gasteiger partial charge on any atom is 0.267 e. The molecule has 4 aromatic rings. The minimum absolute atomic E-state index is 0.175. The predicted octanol–water partition coefficient (Wildman–Crippen LogP) is 4.59. The van der Waals surface area contributed by atoms with Crippen molar-refractivity contribution in [1.82, 2.24) is 14.5 Å². The summed E-state index contributed by atoms with van der Waals surface area (Å²) in [5, 5.41) is 0.307. The molecule has 0 saturated heterocycles. The molecule has 0 aliphatic carbocycles. The Morgan fingerprint density at radius 3 is 2.57 bits per heavy atom. The highest BCUT2D eigenvalue weighted by atomic mass is 32.2. The molecule has 0 spiro atoms. The van der Waals surface area contributed by atoms with E-state index >= 15 is 0 Å². The third-order valence-electron chi connectivity index (χ3n) is 4.66. The number of hydrogen-bond donors (Lipinski definition) is 0. The molecule has 2 aromatic carbocycles. The average molecular weight is 419 g/mol. The molecular formula is C23H18FN3O2S. The van der Waals surface area contributed by atoms with Gasteiger partial charge in [0.2, 0.25) is 0 Å². The summed E-state index contributed by atoms with van der Waals surface area (Å²) in [6, 6.07) is 16.1. The number of Topliss-reactive ketones (excluding diaryl/α,β-unsaturated/α-hetero) is 1. The van der Waals surface area contributed by atoms with Crippen molar-refractivity contribution in [2.24, 2.45) is 0 Å². The maximum absolute atomic E-state index is 13.3. The Morgan fingerprint density at radius 2 is 1.83 bits per heavy atom. The molecular weight excluding hydrogens is 401 g/mol. The van der Waals surface area contributed by atoms with Crippen LogP contribution in [0.1, 0.15) is 22.8 Å². The predicted molar refractivity (Wildman–Crippen MR) is 116 cm³/mol. The highest BCUT2D eigenvalue weighted by molar-refractivity contribution is 8.00. The zero-order valence-electron chi connectivity index (χ0n) is 16.4. The van der Waals surface area contributed by atoms with Gasteiger partial charge in [0.05, 0.1) is 16.2 Å². The third kappa shape index (κ3) is 3.89. The average Bonchev–Trinajstić information content (AvgIpc) is 2.74. The van der Waals surface area contributed by atoms with Crippen LogP contribution in [0.15, 0.2) is 76.8 Å². The van der Waals surface area contributed by atoms with Crippen molar-refractivity contribution in [2.45, 2.75) is 24.3 Å². The van der Waals surface area contributed by atoms with Crippen molar-refractivity contribution < 1.29 is 9.18 Å². The minimum atomic E-state index is -0.542. The number of fused-ring (bicyclic) bond motifs is 1. The summed E-state index contributed by atoms with van der Waals surface area (Å²) in [6.45, 7) is 3.66. The number of para-hydroxylation sites is 1. The normalized spacial score (nSPS) is 12.1. The van der Waals surface area contributed by atoms with Crippen LogP contribution in [0.2, 0.25) is 0 Å². The van der Waals surface area contributed by atoms with Crippen LogP contribution in [0.3, 0.4) is 0 Å². The number of aromatic nitrogens is 3. The Balaban J connectivity index is 1.81. The van der Waals surface area contributed by atoms with Gasteiger partial charge in [-0.3, -0.25) is 9.59 Å². The molecule has 2 aromatic heterocycles. The van der Waals surface area contributed by atoms with E-state index in [-0.39, 0.29) is 11.3 Å². The van der Waals surface area contributed by atoms with Gasteiger partial charge in [0.1, 0.15) is 11.6 Å². The maximum atomic E-state index is 13.3. The number of carbonyl (C=O) groups excluding carboxylic acids is 1. The van der Waals surface area contributed by atoms with E-state index < -0.39 is 11.1 Å². The van der Waals surface area contributed by atoms with Crippen molar-refractivity contribution in [3.63, 3.8) is 0 Å². The molecule has 4 rings (SSSR count). The molecule has 0 unspecified atom stereocenters. The zero-order valence-corrected chi connectivity index (χ0v) is 17.2. The summed E-state index contributed by atoms with van der Waals surface area (Å²) in [6.07, 6.45) is 1.63. The van der Waals surface area contributed by atoms with Gasteiger partial charge in [-0.2, -0.15) is 0 Å². The van der Waals surface area contributed by atoms with Gasteiger partial charge in [-0.05, 0) is 67.9 Å². The topological polar surface area (TPSA) is 64.8 Å². The van der Waals surface area contributed by atoms with Crippen molar-refractivity contribution in [2.75, 3.05) is 0 Å². The standard InChI is InChI=1S/C23H18FN3O2S/c1-14-11-12-25-20(13-14)27-22(29)18-5-3-4-6-19(18)26-23(27)30-15(2)21(28)16-7-9-17(24)10-8-16/h3-13,15H,1-2H3/t15-/m1/s1. The van der Waals surface area contributed by atoms with E-state index in [9.17, 15) is 14.0 Å². The van der Waals surface area contributed by atoms with Gasteiger partial charge in [0, 0.05) is 11.8 Å². The highest BCUT2D eigenvalue weighted by Crippen LogP contribution is 2.27. The summed E-state index contributed by atoms with van der Waals surface area (Å²) >= 11 is 1.18. The van der Waals surface area contributed by atoms with Crippen LogP contribution in [-0.4, -0.2) is 25.6 Å². The number of ketones is 1. The third-order valence-corrected chi connectivity index (χ3v) is 5.71. The summed E-state index contributed by atoms with van der Waals surface area (Å²) in [5.74, 6) is -0.129. The first kappa shape index (κ1) is 20.0. The van der Waals surface area contributed by atoms with Crippen LogP contribution in [0, 0.1) is 12.7 Å². The number of benzene rings is 2. The number of halogens is 1. The lowest BCUT2D eigenvalue weighted by Crippen LogP contribution is -2.24. The molecule has 0 aliphatic heterocycles. The lowest BCUT2D eigenvalue weighted by Gasteiger charge is -2.15. The van der Waals surface area contributed by atoms with Crippen molar-refractivity contribution in [3.05, 3.63) is 94.2 Å². The van der Waals surface area contributed by atoms with Gasteiger partial charge < -0.3 is 0 Å². The first-order valence-electron chi connectivity index (χ1n) is 9.35. The number of carbonyl (C=O) groups is 1. The van der Waals surface area contributed by atoms with Gasteiger partial charge in [-0.25, -0.2) is 18.9 Å². The number of aryl methyl sites for hydroxylation is 1. The number of thioether (sulfide) groups is 1. The monoisotopic (exact) mass is 419 g/mol. The molecule has 0 saturated carbocycles. The van der Waals surface area contributed by atoms with Crippen LogP contribution >= 0.6 is 11.8 Å². The molecule has 30 heavy (non-hydrogen) atoms. The number of nitrogens with zero attached hydrogens (tertiary/aromatic N) is 3. The van der Waals surface area contributed by atoms with E-state index in [4.69, 9.17) is 0 Å². The Morgan fingerprint density at radius 1 is 1.10 bits per heavy atom. The molecule has 0 amide bonds. The van der Waals surface area contributed by atoms with E-state index in [2.05, 4.69) is 9.97 Å². The molecule has 5 nitrogen and oxygen atoms in total. The van der Waals surface area contributed by atoms with Crippen molar-refractivity contribution >= 4 is 28.4 Å². The van der Waals surface area contributed by atoms with E-state index in [1.54, 1.807) is 37.4 Å². The van der Waals surface area contributed by atoms with Gasteiger partial charge >= 0.3 is 0 Å². The quantitative estimate of drug-likeness (QED) is 0.269. The van der Waals surface area contributed by atoms with E-state index in [0.717, 1.165) is 5.56 Å². The van der Waals surface area contributed by atoms with E-state index in [0.29, 0.717) is 27.4 Å². The number of hydrogen-bond acceptors (Lipinski definition) is 5. The van der Waals surface area contributed by atoms with E-state index in [1.165, 1.54) is 40.6 Å². The lowest BCUT2D eigenvalue weighted by molar-refractivity contribution is 0.0994. The molecule has 0 aliphatic rings. The van der Waals surface area contributed by atoms with Gasteiger partial charge in [-0.1, -0.05) is 23.9 Å². The number of rotatable bonds is 5. The second-order valence-electron chi connectivity index (χ2n) is 6.87. The smallest absolute Gasteiger partial charge is 0.267 e. The summed E-state index contributed by atoms with van der Waals surface area (Å²) in [7, 11) is 0. The molecule has 0 fully saturated rings. The van der Waals surface area contributed by atoms with Crippen molar-refractivity contribution in [1.29, 1.82) is 0 Å². The van der Waals surface area contributed by atoms with Crippen LogP contribution in [-0.2, 0) is 0 Å². The zero-order chi connectivity index (χ0) is 21.3. The first-order valence-corrected chi connectivity index (χ1v) is 10.2. The summed E-state index contributed by atoms with van der Waals surface area (Å²) in [5.41, 5.74) is 1.66. The summed E-state index contributed by atoms with van der Waals surface area (Å²) < 4.78 is 14.6. The molecule has 7 heteroatoms. The lowest BCUT2D eigenvalue weighted by atomic mass is 10.1. The van der Waals surface area contributed by atoms with Crippen molar-refractivity contribution in [3.8, 4) is 5.82 Å². The summed E-state index contributed by atoms with van der Waals surface area (Å²) in [4.78, 5) is 35.1. The molecule has 0 bridgehead atoms. The fourth-order valence-corrected chi connectivity index (χ4v) is 4.09. The highest BCUT2D eigenvalue weighted by Gasteiger charge is 2.22. The van der Waals surface area contributed by atoms with Crippen LogP contribution < -0.4 is 5.56 Å². The second-order valence-corrected chi connectivity index (χ2v) is 8.18. The largest absolute Gasteiger partial charge is 0.293 e. The Hall–Kier alpha value is -3.32. The van der Waals surface area contributed by atoms with Crippen LogP contribution in [0.5, 0.6) is 0 Å². The van der Waals surface area contributed by atoms with Gasteiger partial charge in [0.25, 0.3) is 5.56 Å².